The number of nitrogens with zero attached hydrogens (tertiary/aromatic N) is 1. The lowest BCUT2D eigenvalue weighted by Crippen LogP contribution is -2.36. The number of rotatable bonds is 4. The molecule has 1 aromatic carbocycles. The first-order valence-electron chi connectivity index (χ1n) is 7.61. The molecule has 120 valence electrons. The maximum Gasteiger partial charge on any atom is 0.251 e. The molecule has 2 rings (SSSR count). The van der Waals surface area contributed by atoms with Gasteiger partial charge in [0.25, 0.3) is 11.8 Å². The van der Waals surface area contributed by atoms with Gasteiger partial charge in [0.2, 0.25) is 0 Å². The van der Waals surface area contributed by atoms with E-state index in [1.807, 2.05) is 32.0 Å². The summed E-state index contributed by atoms with van der Waals surface area (Å²) in [6.07, 6.45) is 1.03. The van der Waals surface area contributed by atoms with Crippen molar-refractivity contribution in [3.05, 3.63) is 34.9 Å². The average molecular weight is 304 g/mol. The van der Waals surface area contributed by atoms with Gasteiger partial charge in [0.1, 0.15) is 6.10 Å². The predicted molar refractivity (Wildman–Crippen MR) is 84.8 cm³/mol. The Balaban J connectivity index is 1.89. The highest BCUT2D eigenvalue weighted by atomic mass is 16.5. The molecule has 0 unspecified atom stereocenters. The van der Waals surface area contributed by atoms with Crippen LogP contribution in [0.3, 0.4) is 0 Å². The van der Waals surface area contributed by atoms with Crippen molar-refractivity contribution in [2.24, 2.45) is 0 Å². The molecule has 2 atom stereocenters. The SMILES string of the molecule is Cc1cccc(C)c1C(=O)NC[C@H]1CC[C@@H](C(=O)N(C)C)O1. The van der Waals surface area contributed by atoms with Crippen LogP contribution >= 0.6 is 0 Å². The third kappa shape index (κ3) is 3.65. The predicted octanol–water partition coefficient (Wildman–Crippen LogP) is 1.67. The van der Waals surface area contributed by atoms with Crippen LogP contribution in [0, 0.1) is 13.8 Å². The van der Waals surface area contributed by atoms with Gasteiger partial charge in [-0.1, -0.05) is 18.2 Å². The number of nitrogens with one attached hydrogen (secondary N) is 1. The highest BCUT2D eigenvalue weighted by molar-refractivity contribution is 5.97. The number of carbonyl (C=O) groups is 2. The second-order valence-electron chi connectivity index (χ2n) is 6.03. The number of benzene rings is 1. The van der Waals surface area contributed by atoms with Crippen LogP contribution in [0.15, 0.2) is 18.2 Å². The summed E-state index contributed by atoms with van der Waals surface area (Å²) in [6.45, 7) is 4.29. The Morgan fingerprint density at radius 1 is 1.23 bits per heavy atom. The largest absolute Gasteiger partial charge is 0.363 e. The summed E-state index contributed by atoms with van der Waals surface area (Å²) in [5.41, 5.74) is 2.65. The van der Waals surface area contributed by atoms with Gasteiger partial charge in [0, 0.05) is 26.2 Å². The third-order valence-corrected chi connectivity index (χ3v) is 4.02. The van der Waals surface area contributed by atoms with Crippen molar-refractivity contribution >= 4 is 11.8 Å². The molecule has 0 aromatic heterocycles. The highest BCUT2D eigenvalue weighted by Crippen LogP contribution is 2.21. The standard InChI is InChI=1S/C17H24N2O3/c1-11-6-5-7-12(2)15(11)16(20)18-10-13-8-9-14(22-13)17(21)19(3)4/h5-7,13-14H,8-10H2,1-4H3,(H,18,20)/t13-,14+/m1/s1. The number of carbonyl (C=O) groups excluding carboxylic acids is 2. The van der Waals surface area contributed by atoms with Gasteiger partial charge < -0.3 is 15.0 Å². The van der Waals surface area contributed by atoms with Crippen LogP contribution in [0.25, 0.3) is 0 Å². The molecule has 1 fully saturated rings. The Morgan fingerprint density at radius 2 is 1.86 bits per heavy atom. The van der Waals surface area contributed by atoms with Crippen molar-refractivity contribution < 1.29 is 14.3 Å². The lowest BCUT2D eigenvalue weighted by molar-refractivity contribution is -0.140. The molecule has 5 nitrogen and oxygen atoms in total. The lowest BCUT2D eigenvalue weighted by atomic mass is 10.0. The summed E-state index contributed by atoms with van der Waals surface area (Å²) in [5, 5.41) is 2.92. The van der Waals surface area contributed by atoms with Crippen molar-refractivity contribution in [3.8, 4) is 0 Å². The van der Waals surface area contributed by atoms with E-state index in [9.17, 15) is 9.59 Å². The van der Waals surface area contributed by atoms with Gasteiger partial charge >= 0.3 is 0 Å². The van der Waals surface area contributed by atoms with E-state index in [1.54, 1.807) is 19.0 Å². The summed E-state index contributed by atoms with van der Waals surface area (Å²) in [7, 11) is 3.45. The molecule has 2 amide bonds. The molecule has 0 aliphatic carbocycles. The quantitative estimate of drug-likeness (QED) is 0.920. The minimum Gasteiger partial charge on any atom is -0.363 e. The Hall–Kier alpha value is -1.88. The summed E-state index contributed by atoms with van der Waals surface area (Å²) < 4.78 is 5.73. The summed E-state index contributed by atoms with van der Waals surface area (Å²) >= 11 is 0. The Labute approximate surface area is 131 Å². The van der Waals surface area contributed by atoms with Crippen LogP contribution in [0.5, 0.6) is 0 Å². The van der Waals surface area contributed by atoms with E-state index in [-0.39, 0.29) is 24.0 Å². The van der Waals surface area contributed by atoms with E-state index in [1.165, 1.54) is 0 Å². The molecule has 0 bridgehead atoms. The number of aryl methyl sites for hydroxylation is 2. The van der Waals surface area contributed by atoms with Gasteiger partial charge in [-0.05, 0) is 37.8 Å². The maximum atomic E-state index is 12.3. The number of hydrogen-bond donors (Lipinski definition) is 1. The number of likely N-dealkylation sites (N-methyl/N-ethyl adjacent to an activating group) is 1. The van der Waals surface area contributed by atoms with Crippen molar-refractivity contribution in [1.82, 2.24) is 10.2 Å². The number of amides is 2. The van der Waals surface area contributed by atoms with Crippen LogP contribution in [0.2, 0.25) is 0 Å². The van der Waals surface area contributed by atoms with E-state index in [4.69, 9.17) is 4.74 Å². The average Bonchev–Trinajstić information content (AvgIpc) is 2.92. The molecule has 1 saturated heterocycles. The molecule has 1 aliphatic heterocycles. The first-order valence-corrected chi connectivity index (χ1v) is 7.61. The second kappa shape index (κ2) is 6.92. The molecule has 1 N–H and O–H groups in total. The summed E-state index contributed by atoms with van der Waals surface area (Å²) in [4.78, 5) is 25.7. The summed E-state index contributed by atoms with van der Waals surface area (Å²) in [6, 6.07) is 5.80. The van der Waals surface area contributed by atoms with Gasteiger partial charge in [-0.15, -0.1) is 0 Å². The minimum atomic E-state index is -0.378. The fourth-order valence-corrected chi connectivity index (χ4v) is 2.79. The molecular weight excluding hydrogens is 280 g/mol. The van der Waals surface area contributed by atoms with E-state index < -0.39 is 0 Å². The molecule has 0 spiro atoms. The van der Waals surface area contributed by atoms with Gasteiger partial charge in [0.05, 0.1) is 6.10 Å². The maximum absolute atomic E-state index is 12.3. The monoisotopic (exact) mass is 304 g/mol. The first kappa shape index (κ1) is 16.5. The van der Waals surface area contributed by atoms with Gasteiger partial charge in [0.15, 0.2) is 0 Å². The molecule has 5 heteroatoms. The normalized spacial score (nSPS) is 20.7. The van der Waals surface area contributed by atoms with Gasteiger partial charge in [-0.3, -0.25) is 9.59 Å². The van der Waals surface area contributed by atoms with E-state index in [0.29, 0.717) is 13.0 Å². The molecule has 1 aromatic rings. The molecule has 1 aliphatic rings. The smallest absolute Gasteiger partial charge is 0.251 e. The van der Waals surface area contributed by atoms with E-state index in [0.717, 1.165) is 23.1 Å². The Bertz CT molecular complexity index is 549. The zero-order chi connectivity index (χ0) is 16.3. The fourth-order valence-electron chi connectivity index (χ4n) is 2.79. The Morgan fingerprint density at radius 3 is 2.45 bits per heavy atom. The summed E-state index contributed by atoms with van der Waals surface area (Å²) in [5.74, 6) is -0.0924. The minimum absolute atomic E-state index is 0.0106. The van der Waals surface area contributed by atoms with Crippen molar-refractivity contribution in [1.29, 1.82) is 0 Å². The second-order valence-corrected chi connectivity index (χ2v) is 6.03. The van der Waals surface area contributed by atoms with Crippen LogP contribution in [0.1, 0.15) is 34.3 Å². The van der Waals surface area contributed by atoms with E-state index in [2.05, 4.69) is 5.32 Å². The first-order chi connectivity index (χ1) is 10.4. The fraction of sp³-hybridized carbons (Fsp3) is 0.529. The molecule has 0 radical (unpaired) electrons. The topological polar surface area (TPSA) is 58.6 Å². The number of ether oxygens (including phenoxy) is 1. The molecule has 1 heterocycles. The highest BCUT2D eigenvalue weighted by Gasteiger charge is 2.31. The van der Waals surface area contributed by atoms with E-state index >= 15 is 0 Å². The third-order valence-electron chi connectivity index (χ3n) is 4.02. The lowest BCUT2D eigenvalue weighted by Gasteiger charge is -2.18. The van der Waals surface area contributed by atoms with Crippen molar-refractivity contribution in [3.63, 3.8) is 0 Å². The van der Waals surface area contributed by atoms with Crippen LogP contribution in [-0.2, 0) is 9.53 Å². The zero-order valence-electron chi connectivity index (χ0n) is 13.7. The molecular formula is C17H24N2O3. The van der Waals surface area contributed by atoms with Gasteiger partial charge in [-0.25, -0.2) is 0 Å². The zero-order valence-corrected chi connectivity index (χ0v) is 13.7. The van der Waals surface area contributed by atoms with Gasteiger partial charge in [-0.2, -0.15) is 0 Å². The van der Waals surface area contributed by atoms with Crippen LogP contribution in [-0.4, -0.2) is 49.6 Å². The van der Waals surface area contributed by atoms with Crippen molar-refractivity contribution in [2.45, 2.75) is 38.9 Å². The van der Waals surface area contributed by atoms with Crippen LogP contribution in [0.4, 0.5) is 0 Å². The van der Waals surface area contributed by atoms with Crippen LogP contribution < -0.4 is 5.32 Å². The Kier molecular flexibility index (Phi) is 5.19. The molecule has 22 heavy (non-hydrogen) atoms. The number of hydrogen-bond acceptors (Lipinski definition) is 3. The molecule has 0 saturated carbocycles. The van der Waals surface area contributed by atoms with Crippen molar-refractivity contribution in [2.75, 3.05) is 20.6 Å².